The van der Waals surface area contributed by atoms with E-state index >= 15 is 0 Å². The Kier molecular flexibility index (Phi) is 5.88. The lowest BCUT2D eigenvalue weighted by atomic mass is 9.83. The molecule has 0 spiro atoms. The van der Waals surface area contributed by atoms with E-state index in [4.69, 9.17) is 4.98 Å². The van der Waals surface area contributed by atoms with Crippen LogP contribution in [-0.2, 0) is 0 Å². The second kappa shape index (κ2) is 9.54. The minimum atomic E-state index is -0.297. The molecular weight excluding hydrogens is 488 g/mol. The molecule has 1 amide bonds. The maximum absolute atomic E-state index is 13.5. The van der Waals surface area contributed by atoms with Gasteiger partial charge in [0, 0.05) is 42.0 Å². The lowest BCUT2D eigenvalue weighted by molar-refractivity contribution is 0.0972. The number of benzene rings is 4. The van der Waals surface area contributed by atoms with Crippen molar-refractivity contribution in [2.24, 2.45) is 0 Å². The molecule has 7 heteroatoms. The molecule has 7 nitrogen and oxygen atoms in total. The Bertz CT molecular complexity index is 1800. The van der Waals surface area contributed by atoms with Crippen LogP contribution in [0, 0.1) is 0 Å². The number of nitrogens with one attached hydrogen (secondary N) is 2. The molecule has 4 aromatic carbocycles. The molecule has 1 aromatic heterocycles. The van der Waals surface area contributed by atoms with E-state index in [2.05, 4.69) is 10.3 Å². The molecule has 5 aromatic rings. The molecule has 2 N–H and O–H groups in total. The highest BCUT2D eigenvalue weighted by Gasteiger charge is 2.32. The number of aromatic amines is 1. The lowest BCUT2D eigenvalue weighted by Gasteiger charge is -2.17. The summed E-state index contributed by atoms with van der Waals surface area (Å²) < 4.78 is 0. The van der Waals surface area contributed by atoms with Gasteiger partial charge in [0.2, 0.25) is 0 Å². The molecule has 1 aliphatic rings. The van der Waals surface area contributed by atoms with E-state index in [-0.39, 0.29) is 17.5 Å². The summed E-state index contributed by atoms with van der Waals surface area (Å²) in [5.41, 5.74) is 5.19. The zero-order valence-electron chi connectivity index (χ0n) is 21.4. The van der Waals surface area contributed by atoms with Crippen LogP contribution in [0.4, 0.5) is 5.69 Å². The molecule has 0 fully saturated rings. The van der Waals surface area contributed by atoms with Gasteiger partial charge < -0.3 is 15.2 Å². The van der Waals surface area contributed by atoms with Crippen LogP contribution < -0.4 is 10.2 Å². The van der Waals surface area contributed by atoms with Crippen LogP contribution in [0.2, 0.25) is 0 Å². The van der Waals surface area contributed by atoms with Crippen molar-refractivity contribution in [1.82, 2.24) is 15.3 Å². The number of rotatable bonds is 5. The molecule has 0 unspecified atom stereocenters. The van der Waals surface area contributed by atoms with E-state index in [1.165, 1.54) is 0 Å². The van der Waals surface area contributed by atoms with Gasteiger partial charge in [0.05, 0.1) is 22.3 Å². The second-order valence-electron chi connectivity index (χ2n) is 9.54. The zero-order chi connectivity index (χ0) is 27.1. The predicted octanol–water partition coefficient (Wildman–Crippen LogP) is 5.33. The number of hydrogen-bond donors (Lipinski definition) is 2. The fourth-order valence-corrected chi connectivity index (χ4v) is 4.77. The largest absolute Gasteiger partial charge is 0.378 e. The third kappa shape index (κ3) is 4.30. The molecule has 0 radical (unpaired) electrons. The van der Waals surface area contributed by atoms with Gasteiger partial charge in [-0.15, -0.1) is 0 Å². The molecule has 39 heavy (non-hydrogen) atoms. The molecule has 0 bridgehead atoms. The number of fused-ring (bicyclic) bond motifs is 4. The van der Waals surface area contributed by atoms with Crippen LogP contribution in [0.3, 0.4) is 0 Å². The van der Waals surface area contributed by atoms with E-state index in [0.29, 0.717) is 50.4 Å². The second-order valence-corrected chi connectivity index (χ2v) is 9.54. The fourth-order valence-electron chi connectivity index (χ4n) is 4.77. The van der Waals surface area contributed by atoms with Gasteiger partial charge in [0.1, 0.15) is 0 Å². The van der Waals surface area contributed by atoms with Gasteiger partial charge in [-0.3, -0.25) is 14.4 Å². The molecular formula is C32H24N4O3. The van der Waals surface area contributed by atoms with Gasteiger partial charge in [-0.25, -0.2) is 4.98 Å². The monoisotopic (exact) mass is 512 g/mol. The van der Waals surface area contributed by atoms with E-state index in [1.54, 1.807) is 60.7 Å². The molecule has 190 valence electrons. The van der Waals surface area contributed by atoms with E-state index in [1.807, 2.05) is 55.4 Å². The highest BCUT2D eigenvalue weighted by Crippen LogP contribution is 2.32. The van der Waals surface area contributed by atoms with Crippen molar-refractivity contribution in [2.75, 3.05) is 19.0 Å². The Morgan fingerprint density at radius 2 is 1.46 bits per heavy atom. The van der Waals surface area contributed by atoms with Crippen LogP contribution in [0.25, 0.3) is 22.8 Å². The third-order valence-electron chi connectivity index (χ3n) is 6.81. The average molecular weight is 513 g/mol. The van der Waals surface area contributed by atoms with Crippen molar-refractivity contribution < 1.29 is 14.4 Å². The number of amides is 1. The smallest absolute Gasteiger partial charge is 0.255 e. The standard InChI is InChI=1S/C32H24N4O3/c1-36(2)21-14-12-19(13-15-21)18-26(34-32(39)20-8-4-3-5-9-20)31-33-25-17-16-24-27(28(25)35-31)30(38)23-11-7-6-10-22(23)29(24)37/h3-18H,1-2H3,(H,33,35)(H,34,39). The van der Waals surface area contributed by atoms with Crippen molar-refractivity contribution in [1.29, 1.82) is 0 Å². The van der Waals surface area contributed by atoms with Gasteiger partial charge in [0.15, 0.2) is 17.4 Å². The lowest BCUT2D eigenvalue weighted by Crippen LogP contribution is -2.22. The van der Waals surface area contributed by atoms with Crippen LogP contribution >= 0.6 is 0 Å². The summed E-state index contributed by atoms with van der Waals surface area (Å²) in [7, 11) is 3.94. The van der Waals surface area contributed by atoms with Crippen molar-refractivity contribution >= 4 is 46.0 Å². The molecule has 6 rings (SSSR count). The minimum absolute atomic E-state index is 0.202. The average Bonchev–Trinajstić information content (AvgIpc) is 3.40. The summed E-state index contributed by atoms with van der Waals surface area (Å²) in [6.45, 7) is 0. The molecule has 0 saturated carbocycles. The number of hydrogen-bond acceptors (Lipinski definition) is 5. The SMILES string of the molecule is CN(C)c1ccc(C=C(NC(=O)c2ccccc2)c2nc3ccc4c(c3[nH]2)C(=O)c2ccccc2C4=O)cc1. The summed E-state index contributed by atoms with van der Waals surface area (Å²) in [4.78, 5) is 49.8. The molecule has 0 aliphatic heterocycles. The third-order valence-corrected chi connectivity index (χ3v) is 6.81. The van der Waals surface area contributed by atoms with Gasteiger partial charge in [-0.05, 0) is 48.0 Å². The van der Waals surface area contributed by atoms with Crippen LogP contribution in [0.5, 0.6) is 0 Å². The summed E-state index contributed by atoms with van der Waals surface area (Å²) in [5.74, 6) is -0.362. The first-order valence-electron chi connectivity index (χ1n) is 12.5. The van der Waals surface area contributed by atoms with E-state index < -0.39 is 0 Å². The topological polar surface area (TPSA) is 95.2 Å². The maximum atomic E-state index is 13.5. The van der Waals surface area contributed by atoms with Gasteiger partial charge >= 0.3 is 0 Å². The van der Waals surface area contributed by atoms with Gasteiger partial charge in [-0.1, -0.05) is 54.6 Å². The maximum Gasteiger partial charge on any atom is 0.255 e. The molecule has 0 atom stereocenters. The van der Waals surface area contributed by atoms with Crippen molar-refractivity contribution in [3.8, 4) is 0 Å². The van der Waals surface area contributed by atoms with Gasteiger partial charge in [0.25, 0.3) is 5.91 Å². The summed E-state index contributed by atoms with van der Waals surface area (Å²) in [6, 6.07) is 27.0. The predicted molar refractivity (Wildman–Crippen MR) is 152 cm³/mol. The number of ketones is 2. The highest BCUT2D eigenvalue weighted by molar-refractivity contribution is 6.31. The first-order valence-corrected chi connectivity index (χ1v) is 12.5. The van der Waals surface area contributed by atoms with Crippen molar-refractivity contribution in [3.05, 3.63) is 130 Å². The summed E-state index contributed by atoms with van der Waals surface area (Å²) >= 11 is 0. The zero-order valence-corrected chi connectivity index (χ0v) is 21.4. The van der Waals surface area contributed by atoms with Crippen LogP contribution in [0.15, 0.2) is 91.0 Å². The fraction of sp³-hybridized carbons (Fsp3) is 0.0625. The molecule has 1 aliphatic carbocycles. The van der Waals surface area contributed by atoms with E-state index in [9.17, 15) is 14.4 Å². The Labute approximate surface area is 224 Å². The Morgan fingerprint density at radius 1 is 0.795 bits per heavy atom. The molecule has 1 heterocycles. The van der Waals surface area contributed by atoms with Crippen molar-refractivity contribution in [3.63, 3.8) is 0 Å². The minimum Gasteiger partial charge on any atom is -0.378 e. The molecule has 0 saturated heterocycles. The number of anilines is 1. The number of imidazole rings is 1. The Balaban J connectivity index is 1.47. The number of H-pyrrole nitrogens is 1. The summed E-state index contributed by atoms with van der Waals surface area (Å²) in [6.07, 6.45) is 1.83. The number of carbonyl (C=O) groups is 3. The van der Waals surface area contributed by atoms with Crippen molar-refractivity contribution in [2.45, 2.75) is 0 Å². The number of carbonyl (C=O) groups excluding carboxylic acids is 3. The first-order chi connectivity index (χ1) is 18.9. The van der Waals surface area contributed by atoms with Crippen LogP contribution in [0.1, 0.15) is 53.6 Å². The highest BCUT2D eigenvalue weighted by atomic mass is 16.2. The summed E-state index contributed by atoms with van der Waals surface area (Å²) in [5, 5.41) is 2.98. The quantitative estimate of drug-likeness (QED) is 0.326. The van der Waals surface area contributed by atoms with Gasteiger partial charge in [-0.2, -0.15) is 0 Å². The van der Waals surface area contributed by atoms with Crippen LogP contribution in [-0.4, -0.2) is 41.5 Å². The normalized spacial score (nSPS) is 12.7. The van der Waals surface area contributed by atoms with E-state index in [0.717, 1.165) is 11.3 Å². The Morgan fingerprint density at radius 3 is 2.15 bits per heavy atom. The first kappa shape index (κ1) is 24.1. The Hall–Kier alpha value is -5.30. The number of aromatic nitrogens is 2. The number of nitrogens with zero attached hydrogens (tertiary/aromatic N) is 2.